The maximum Gasteiger partial charge on any atom is 0.257 e. The van der Waals surface area contributed by atoms with E-state index in [0.29, 0.717) is 16.6 Å². The van der Waals surface area contributed by atoms with E-state index < -0.39 is 10.0 Å². The predicted octanol–water partition coefficient (Wildman–Crippen LogP) is 3.94. The fourth-order valence-corrected chi connectivity index (χ4v) is 4.87. The van der Waals surface area contributed by atoms with Gasteiger partial charge in [-0.2, -0.15) is 0 Å². The van der Waals surface area contributed by atoms with E-state index in [9.17, 15) is 13.2 Å². The third-order valence-electron chi connectivity index (χ3n) is 4.36. The second kappa shape index (κ2) is 7.54. The summed E-state index contributed by atoms with van der Waals surface area (Å²) in [7, 11) is -3.49. The largest absolute Gasteiger partial charge is 0.298 e. The number of benzene rings is 1. The molecule has 1 aromatic carbocycles. The Balaban J connectivity index is 1.77. The molecular weight excluding hydrogens is 394 g/mol. The normalized spacial score (nSPS) is 16.8. The Morgan fingerprint density at radius 2 is 2.19 bits per heavy atom. The number of aromatic nitrogens is 1. The van der Waals surface area contributed by atoms with Gasteiger partial charge in [0.25, 0.3) is 5.91 Å². The summed E-state index contributed by atoms with van der Waals surface area (Å²) >= 11 is 7.51. The first-order valence-electron chi connectivity index (χ1n) is 8.32. The minimum Gasteiger partial charge on any atom is -0.298 e. The molecule has 0 saturated heterocycles. The monoisotopic (exact) mass is 413 g/mol. The molecular formula is C17H20ClN3O3S2. The molecule has 26 heavy (non-hydrogen) atoms. The van der Waals surface area contributed by atoms with Gasteiger partial charge in [-0.3, -0.25) is 14.8 Å². The summed E-state index contributed by atoms with van der Waals surface area (Å²) in [5.74, 6) is 0.337. The Morgan fingerprint density at radius 3 is 2.88 bits per heavy atom. The lowest BCUT2D eigenvalue weighted by Crippen LogP contribution is -2.14. The van der Waals surface area contributed by atoms with E-state index in [4.69, 9.17) is 11.6 Å². The zero-order valence-corrected chi connectivity index (χ0v) is 16.9. The Morgan fingerprint density at radius 1 is 1.42 bits per heavy atom. The predicted molar refractivity (Wildman–Crippen MR) is 106 cm³/mol. The quantitative estimate of drug-likeness (QED) is 0.777. The first-order valence-corrected chi connectivity index (χ1v) is 11.4. The highest BCUT2D eigenvalue weighted by Gasteiger charge is 2.22. The van der Waals surface area contributed by atoms with E-state index in [-0.39, 0.29) is 16.6 Å². The van der Waals surface area contributed by atoms with Crippen molar-refractivity contribution >= 4 is 49.7 Å². The van der Waals surface area contributed by atoms with Gasteiger partial charge >= 0.3 is 0 Å². The van der Waals surface area contributed by atoms with Crippen molar-refractivity contribution in [2.75, 3.05) is 16.3 Å². The van der Waals surface area contributed by atoms with Crippen LogP contribution in [-0.4, -0.2) is 25.6 Å². The molecule has 0 spiro atoms. The molecule has 1 aliphatic carbocycles. The molecule has 1 heterocycles. The molecule has 2 N–H and O–H groups in total. The van der Waals surface area contributed by atoms with E-state index in [0.717, 1.165) is 37.6 Å². The van der Waals surface area contributed by atoms with Crippen LogP contribution in [0, 0.1) is 5.92 Å². The fraction of sp³-hybridized carbons (Fsp3) is 0.412. The van der Waals surface area contributed by atoms with Crippen LogP contribution in [0.25, 0.3) is 0 Å². The molecule has 1 atom stereocenters. The van der Waals surface area contributed by atoms with Gasteiger partial charge < -0.3 is 0 Å². The number of nitrogens with one attached hydrogen (secondary N) is 2. The van der Waals surface area contributed by atoms with Crippen molar-refractivity contribution in [2.45, 2.75) is 32.6 Å². The number of sulfonamides is 1. The summed E-state index contributed by atoms with van der Waals surface area (Å²) in [5, 5.41) is 3.60. The zero-order chi connectivity index (χ0) is 18.9. The topological polar surface area (TPSA) is 88.2 Å². The lowest BCUT2D eigenvalue weighted by molar-refractivity contribution is 0.102. The summed E-state index contributed by atoms with van der Waals surface area (Å²) < 4.78 is 25.1. The second-order valence-electron chi connectivity index (χ2n) is 6.43. The van der Waals surface area contributed by atoms with Crippen LogP contribution in [0.15, 0.2) is 18.2 Å². The number of rotatable bonds is 5. The van der Waals surface area contributed by atoms with Crippen molar-refractivity contribution in [1.29, 1.82) is 0 Å². The molecule has 140 valence electrons. The van der Waals surface area contributed by atoms with Gasteiger partial charge in [-0.05, 0) is 43.4 Å². The molecule has 3 rings (SSSR count). The molecule has 9 heteroatoms. The molecule has 2 aromatic rings. The van der Waals surface area contributed by atoms with Gasteiger partial charge in [0, 0.05) is 10.4 Å². The highest BCUT2D eigenvalue weighted by molar-refractivity contribution is 7.92. The number of thiazole rings is 1. The van der Waals surface area contributed by atoms with Crippen molar-refractivity contribution in [3.63, 3.8) is 0 Å². The van der Waals surface area contributed by atoms with Gasteiger partial charge in [-0.1, -0.05) is 24.9 Å². The van der Waals surface area contributed by atoms with E-state index in [1.807, 2.05) is 0 Å². The van der Waals surface area contributed by atoms with Gasteiger partial charge in [0.2, 0.25) is 10.0 Å². The summed E-state index contributed by atoms with van der Waals surface area (Å²) in [6.45, 7) is 2.20. The Hall–Kier alpha value is -1.64. The highest BCUT2D eigenvalue weighted by Crippen LogP contribution is 2.33. The summed E-state index contributed by atoms with van der Waals surface area (Å²) in [4.78, 5) is 18.3. The van der Waals surface area contributed by atoms with Crippen LogP contribution < -0.4 is 10.0 Å². The molecule has 1 unspecified atom stereocenters. The first-order chi connectivity index (χ1) is 12.2. The number of amides is 1. The third-order valence-corrected chi connectivity index (χ3v) is 6.32. The summed E-state index contributed by atoms with van der Waals surface area (Å²) in [6, 6.07) is 4.45. The van der Waals surface area contributed by atoms with Crippen molar-refractivity contribution in [1.82, 2.24) is 4.98 Å². The van der Waals surface area contributed by atoms with E-state index in [1.165, 1.54) is 28.3 Å². The van der Waals surface area contributed by atoms with Crippen LogP contribution in [0.2, 0.25) is 5.02 Å². The van der Waals surface area contributed by atoms with Gasteiger partial charge in [0.1, 0.15) is 0 Å². The third kappa shape index (κ3) is 4.55. The Bertz CT molecular complexity index is 941. The highest BCUT2D eigenvalue weighted by atomic mass is 35.5. The number of hydrogen-bond acceptors (Lipinski definition) is 5. The molecule has 0 radical (unpaired) electrons. The first kappa shape index (κ1) is 19.1. The number of carbonyl (C=O) groups excluding carboxylic acids is 1. The number of carbonyl (C=O) groups is 1. The SMILES string of the molecule is CCC1CCc2nc(NC(=O)c3ccc(Cl)c(NS(C)(=O)=O)c3)sc2C1. The summed E-state index contributed by atoms with van der Waals surface area (Å²) in [5.41, 5.74) is 1.55. The van der Waals surface area contributed by atoms with Gasteiger partial charge in [-0.25, -0.2) is 13.4 Å². The van der Waals surface area contributed by atoms with Crippen LogP contribution in [0.1, 0.15) is 40.7 Å². The average Bonchev–Trinajstić information content (AvgIpc) is 2.96. The molecule has 1 amide bonds. The number of halogens is 1. The molecule has 6 nitrogen and oxygen atoms in total. The number of hydrogen-bond donors (Lipinski definition) is 2. The minimum atomic E-state index is -3.49. The summed E-state index contributed by atoms with van der Waals surface area (Å²) in [6.07, 6.45) is 5.28. The molecule has 0 fully saturated rings. The maximum absolute atomic E-state index is 12.5. The van der Waals surface area contributed by atoms with Crippen LogP contribution in [0.5, 0.6) is 0 Å². The van der Waals surface area contributed by atoms with Gasteiger partial charge in [-0.15, -0.1) is 11.3 Å². The fourth-order valence-electron chi connectivity index (χ4n) is 2.96. The Labute approximate surface area is 162 Å². The maximum atomic E-state index is 12.5. The minimum absolute atomic E-state index is 0.172. The van der Waals surface area contributed by atoms with Crippen molar-refractivity contribution in [2.24, 2.45) is 5.92 Å². The van der Waals surface area contributed by atoms with E-state index in [1.54, 1.807) is 6.07 Å². The molecule has 0 aliphatic heterocycles. The number of fused-ring (bicyclic) bond motifs is 1. The Kier molecular flexibility index (Phi) is 5.55. The molecule has 1 aromatic heterocycles. The van der Waals surface area contributed by atoms with Crippen molar-refractivity contribution < 1.29 is 13.2 Å². The number of anilines is 2. The lowest BCUT2D eigenvalue weighted by atomic mass is 9.89. The molecule has 1 aliphatic rings. The van der Waals surface area contributed by atoms with Crippen LogP contribution >= 0.6 is 22.9 Å². The van der Waals surface area contributed by atoms with E-state index >= 15 is 0 Å². The number of aryl methyl sites for hydroxylation is 1. The average molecular weight is 414 g/mol. The van der Waals surface area contributed by atoms with Crippen molar-refractivity contribution in [3.05, 3.63) is 39.4 Å². The standard InChI is InChI=1S/C17H20ClN3O3S2/c1-3-10-4-7-13-15(8-10)25-17(19-13)20-16(22)11-5-6-12(18)14(9-11)21-26(2,23)24/h5-6,9-10,21H,3-4,7-8H2,1-2H3,(H,19,20,22). The molecule has 0 bridgehead atoms. The van der Waals surface area contributed by atoms with Crippen LogP contribution in [-0.2, 0) is 22.9 Å². The second-order valence-corrected chi connectivity index (χ2v) is 9.67. The smallest absolute Gasteiger partial charge is 0.257 e. The van der Waals surface area contributed by atoms with E-state index in [2.05, 4.69) is 21.9 Å². The van der Waals surface area contributed by atoms with Crippen LogP contribution in [0.4, 0.5) is 10.8 Å². The molecule has 0 saturated carbocycles. The lowest BCUT2D eigenvalue weighted by Gasteiger charge is -2.18. The van der Waals surface area contributed by atoms with Gasteiger partial charge in [0.15, 0.2) is 5.13 Å². The number of nitrogens with zero attached hydrogens (tertiary/aromatic N) is 1. The van der Waals surface area contributed by atoms with Crippen LogP contribution in [0.3, 0.4) is 0 Å². The van der Waals surface area contributed by atoms with Gasteiger partial charge in [0.05, 0.1) is 22.7 Å². The zero-order valence-electron chi connectivity index (χ0n) is 14.5. The van der Waals surface area contributed by atoms with Crippen molar-refractivity contribution in [3.8, 4) is 0 Å².